The molecule has 0 atom stereocenters. The van der Waals surface area contributed by atoms with Gasteiger partial charge >= 0.3 is 5.97 Å². The zero-order valence-electron chi connectivity index (χ0n) is 17.1. The van der Waals surface area contributed by atoms with Gasteiger partial charge in [-0.25, -0.2) is 4.79 Å². The standard InChI is InChI=1S/C22H36O5/c1-4-7-10-11-12-15-27-21-17(14-9-6-3)16(13-8-5-2)19(23)20(24)18(21)22(25)26/h23-24H,4-15H2,1-3H3,(H,25,26). The van der Waals surface area contributed by atoms with Crippen LogP contribution in [0.2, 0.25) is 0 Å². The van der Waals surface area contributed by atoms with Crippen LogP contribution in [0.3, 0.4) is 0 Å². The normalized spacial score (nSPS) is 10.9. The van der Waals surface area contributed by atoms with E-state index in [9.17, 15) is 20.1 Å². The molecule has 154 valence electrons. The SMILES string of the molecule is CCCCCCCOc1c(CCCC)c(CCCC)c(O)c(O)c1C(=O)O. The van der Waals surface area contributed by atoms with Crippen molar-refractivity contribution < 1.29 is 24.9 Å². The number of benzene rings is 1. The van der Waals surface area contributed by atoms with Crippen molar-refractivity contribution in [3.8, 4) is 17.2 Å². The molecule has 1 rings (SSSR count). The topological polar surface area (TPSA) is 87.0 Å². The molecule has 5 heteroatoms. The molecule has 0 saturated heterocycles. The lowest BCUT2D eigenvalue weighted by Crippen LogP contribution is -2.11. The van der Waals surface area contributed by atoms with Crippen molar-refractivity contribution in [1.29, 1.82) is 0 Å². The van der Waals surface area contributed by atoms with Crippen LogP contribution in [0.25, 0.3) is 0 Å². The maximum absolute atomic E-state index is 11.8. The minimum Gasteiger partial charge on any atom is -0.504 e. The molecule has 0 amide bonds. The Hall–Kier alpha value is -1.91. The molecule has 1 aromatic carbocycles. The lowest BCUT2D eigenvalue weighted by Gasteiger charge is -2.21. The zero-order valence-corrected chi connectivity index (χ0v) is 17.1. The van der Waals surface area contributed by atoms with Gasteiger partial charge in [-0.1, -0.05) is 59.3 Å². The number of aromatic carboxylic acids is 1. The van der Waals surface area contributed by atoms with Crippen LogP contribution in [0.5, 0.6) is 17.2 Å². The monoisotopic (exact) mass is 380 g/mol. The number of phenols is 2. The number of ether oxygens (including phenoxy) is 1. The zero-order chi connectivity index (χ0) is 20.2. The van der Waals surface area contributed by atoms with Gasteiger partial charge in [0.15, 0.2) is 11.5 Å². The molecule has 0 spiro atoms. The van der Waals surface area contributed by atoms with Crippen LogP contribution in [0.4, 0.5) is 0 Å². The lowest BCUT2D eigenvalue weighted by atomic mass is 9.92. The first kappa shape index (κ1) is 23.1. The average Bonchev–Trinajstić information content (AvgIpc) is 2.64. The Morgan fingerprint density at radius 3 is 1.89 bits per heavy atom. The van der Waals surface area contributed by atoms with Crippen LogP contribution >= 0.6 is 0 Å². The van der Waals surface area contributed by atoms with E-state index in [-0.39, 0.29) is 17.1 Å². The molecule has 0 radical (unpaired) electrons. The van der Waals surface area contributed by atoms with E-state index in [1.165, 1.54) is 6.42 Å². The second kappa shape index (κ2) is 12.5. The molecule has 0 aromatic heterocycles. The van der Waals surface area contributed by atoms with Gasteiger partial charge in [-0.2, -0.15) is 0 Å². The fourth-order valence-corrected chi connectivity index (χ4v) is 3.28. The van der Waals surface area contributed by atoms with Crippen LogP contribution in [0.1, 0.15) is 100 Å². The van der Waals surface area contributed by atoms with Gasteiger partial charge in [-0.3, -0.25) is 0 Å². The Balaban J connectivity index is 3.22. The number of phenolic OH excluding ortho intramolecular Hbond substituents is 1. The van der Waals surface area contributed by atoms with E-state index in [1.54, 1.807) is 0 Å². The molecular weight excluding hydrogens is 344 g/mol. The highest BCUT2D eigenvalue weighted by Gasteiger charge is 2.28. The summed E-state index contributed by atoms with van der Waals surface area (Å²) in [6.45, 7) is 6.70. The Morgan fingerprint density at radius 2 is 1.33 bits per heavy atom. The number of carboxylic acid groups (broad SMARTS) is 1. The van der Waals surface area contributed by atoms with E-state index in [0.29, 0.717) is 25.0 Å². The van der Waals surface area contributed by atoms with Gasteiger partial charge in [0.25, 0.3) is 0 Å². The number of carboxylic acids is 1. The number of carbonyl (C=O) groups is 1. The van der Waals surface area contributed by atoms with Crippen LogP contribution in [0, 0.1) is 0 Å². The quantitative estimate of drug-likeness (QED) is 0.279. The summed E-state index contributed by atoms with van der Waals surface area (Å²) in [7, 11) is 0. The molecule has 0 aliphatic carbocycles. The van der Waals surface area contributed by atoms with E-state index in [4.69, 9.17) is 4.74 Å². The number of aromatic hydroxyl groups is 2. The number of hydrogen-bond donors (Lipinski definition) is 3. The predicted molar refractivity (Wildman–Crippen MR) is 108 cm³/mol. The molecule has 0 aliphatic rings. The molecule has 0 bridgehead atoms. The van der Waals surface area contributed by atoms with Crippen LogP contribution in [-0.4, -0.2) is 27.9 Å². The molecule has 5 nitrogen and oxygen atoms in total. The van der Waals surface area contributed by atoms with Crippen molar-refractivity contribution in [2.45, 2.75) is 91.4 Å². The Bertz CT molecular complexity index is 595. The molecule has 27 heavy (non-hydrogen) atoms. The average molecular weight is 381 g/mol. The van der Waals surface area contributed by atoms with Crippen LogP contribution in [-0.2, 0) is 12.8 Å². The summed E-state index contributed by atoms with van der Waals surface area (Å²) in [6, 6.07) is 0. The van der Waals surface area contributed by atoms with Crippen LogP contribution < -0.4 is 4.74 Å². The van der Waals surface area contributed by atoms with Gasteiger partial charge in [0, 0.05) is 11.1 Å². The third-order valence-corrected chi connectivity index (χ3v) is 4.88. The van der Waals surface area contributed by atoms with Gasteiger partial charge in [0.2, 0.25) is 0 Å². The van der Waals surface area contributed by atoms with Gasteiger partial charge in [0.1, 0.15) is 11.3 Å². The summed E-state index contributed by atoms with van der Waals surface area (Å²) in [6.07, 6.45) is 10.2. The second-order valence-electron chi connectivity index (χ2n) is 7.13. The fraction of sp³-hybridized carbons (Fsp3) is 0.682. The highest BCUT2D eigenvalue weighted by molar-refractivity contribution is 5.96. The molecule has 0 unspecified atom stereocenters. The minimum absolute atomic E-state index is 0.243. The molecule has 0 aliphatic heterocycles. The van der Waals surface area contributed by atoms with Crippen molar-refractivity contribution in [3.63, 3.8) is 0 Å². The van der Waals surface area contributed by atoms with Crippen molar-refractivity contribution in [2.75, 3.05) is 6.61 Å². The minimum atomic E-state index is -1.27. The van der Waals surface area contributed by atoms with Crippen molar-refractivity contribution in [2.24, 2.45) is 0 Å². The summed E-state index contributed by atoms with van der Waals surface area (Å²) >= 11 is 0. The summed E-state index contributed by atoms with van der Waals surface area (Å²) in [4.78, 5) is 11.8. The summed E-state index contributed by atoms with van der Waals surface area (Å²) in [5.41, 5.74) is 1.06. The highest BCUT2D eigenvalue weighted by Crippen LogP contribution is 2.44. The summed E-state index contributed by atoms with van der Waals surface area (Å²) in [5, 5.41) is 30.4. The first-order valence-electron chi connectivity index (χ1n) is 10.4. The number of unbranched alkanes of at least 4 members (excludes halogenated alkanes) is 6. The van der Waals surface area contributed by atoms with Crippen molar-refractivity contribution in [1.82, 2.24) is 0 Å². The van der Waals surface area contributed by atoms with Gasteiger partial charge in [-0.05, 0) is 32.1 Å². The summed E-state index contributed by atoms with van der Waals surface area (Å²) < 4.78 is 5.91. The van der Waals surface area contributed by atoms with Gasteiger partial charge in [0.05, 0.1) is 6.61 Å². The summed E-state index contributed by atoms with van der Waals surface area (Å²) in [5.74, 6) is -1.91. The molecule has 0 fully saturated rings. The van der Waals surface area contributed by atoms with Crippen molar-refractivity contribution >= 4 is 5.97 Å². The van der Waals surface area contributed by atoms with E-state index in [1.807, 2.05) is 0 Å². The second-order valence-corrected chi connectivity index (χ2v) is 7.13. The Kier molecular flexibility index (Phi) is 10.7. The molecule has 0 heterocycles. The highest BCUT2D eigenvalue weighted by atomic mass is 16.5. The van der Waals surface area contributed by atoms with Gasteiger partial charge in [-0.15, -0.1) is 0 Å². The van der Waals surface area contributed by atoms with E-state index in [2.05, 4.69) is 20.8 Å². The lowest BCUT2D eigenvalue weighted by molar-refractivity contribution is 0.0687. The van der Waals surface area contributed by atoms with E-state index in [0.717, 1.165) is 56.9 Å². The Labute approximate surface area is 163 Å². The van der Waals surface area contributed by atoms with Crippen molar-refractivity contribution in [3.05, 3.63) is 16.7 Å². The molecular formula is C22H36O5. The largest absolute Gasteiger partial charge is 0.504 e. The van der Waals surface area contributed by atoms with E-state index < -0.39 is 11.7 Å². The molecule has 0 saturated carbocycles. The number of rotatable bonds is 14. The molecule has 3 N–H and O–H groups in total. The predicted octanol–water partition coefficient (Wildman–Crippen LogP) is 5.83. The number of hydrogen-bond acceptors (Lipinski definition) is 4. The van der Waals surface area contributed by atoms with Gasteiger partial charge < -0.3 is 20.1 Å². The Morgan fingerprint density at radius 1 is 0.778 bits per heavy atom. The van der Waals surface area contributed by atoms with E-state index >= 15 is 0 Å². The first-order chi connectivity index (χ1) is 13.0. The third-order valence-electron chi connectivity index (χ3n) is 4.88. The molecule has 1 aromatic rings. The maximum atomic E-state index is 11.8. The fourth-order valence-electron chi connectivity index (χ4n) is 3.28. The van der Waals surface area contributed by atoms with Crippen LogP contribution in [0.15, 0.2) is 0 Å². The third kappa shape index (κ3) is 6.64. The maximum Gasteiger partial charge on any atom is 0.343 e. The smallest absolute Gasteiger partial charge is 0.343 e. The first-order valence-corrected chi connectivity index (χ1v) is 10.4.